The lowest BCUT2D eigenvalue weighted by Gasteiger charge is -2.17. The number of carbonyl (C=O) groups is 2. The lowest BCUT2D eigenvalue weighted by atomic mass is 10.0. The van der Waals surface area contributed by atoms with E-state index in [2.05, 4.69) is 5.32 Å². The average Bonchev–Trinajstić information content (AvgIpc) is 2.72. The number of benzene rings is 3. The first-order valence-corrected chi connectivity index (χ1v) is 9.04. The lowest BCUT2D eigenvalue weighted by molar-refractivity contribution is -0.145. The number of nitrogens with one attached hydrogen (secondary N) is 1. The third-order valence-electron chi connectivity index (χ3n) is 4.56. The first kappa shape index (κ1) is 18.6. The van der Waals surface area contributed by atoms with Crippen LogP contribution in [0.2, 0.25) is 0 Å². The number of hydrogen-bond donors (Lipinski definition) is 1. The molecule has 0 aliphatic rings. The van der Waals surface area contributed by atoms with E-state index >= 15 is 0 Å². The van der Waals surface area contributed by atoms with Gasteiger partial charge >= 0.3 is 5.97 Å². The van der Waals surface area contributed by atoms with Gasteiger partial charge in [0.25, 0.3) is 0 Å². The highest BCUT2D eigenvalue weighted by Crippen LogP contribution is 2.17. The summed E-state index contributed by atoms with van der Waals surface area (Å²) in [7, 11) is 1.34. The Morgan fingerprint density at radius 2 is 1.59 bits per heavy atom. The minimum absolute atomic E-state index is 0.157. The van der Waals surface area contributed by atoms with Crippen LogP contribution < -0.4 is 5.32 Å². The number of ether oxygens (including phenoxy) is 1. The van der Waals surface area contributed by atoms with Gasteiger partial charge < -0.3 is 10.1 Å². The van der Waals surface area contributed by atoms with Gasteiger partial charge in [-0.25, -0.2) is 4.79 Å². The van der Waals surface area contributed by atoms with E-state index in [4.69, 9.17) is 4.74 Å². The number of rotatable bonds is 7. The highest BCUT2D eigenvalue weighted by molar-refractivity contribution is 5.86. The highest BCUT2D eigenvalue weighted by atomic mass is 16.5. The predicted molar refractivity (Wildman–Crippen MR) is 106 cm³/mol. The molecular weight excluding hydrogens is 338 g/mol. The van der Waals surface area contributed by atoms with Gasteiger partial charge in [-0.05, 0) is 28.3 Å². The number of fused-ring (bicyclic) bond motifs is 1. The smallest absolute Gasteiger partial charge is 0.328 e. The standard InChI is InChI=1S/C23H23NO3/c1-27-23(26)21(24-22(25)14-12-17-7-3-2-4-8-17)16-18-11-13-19-9-5-6-10-20(19)15-18/h2-11,13,15,21H,12,14,16H2,1H3,(H,24,25)/t21-/m0/s1. The Morgan fingerprint density at radius 1 is 0.889 bits per heavy atom. The van der Waals surface area contributed by atoms with E-state index in [1.807, 2.05) is 72.8 Å². The number of esters is 1. The maximum absolute atomic E-state index is 12.3. The molecule has 0 bridgehead atoms. The van der Waals surface area contributed by atoms with Gasteiger partial charge in [-0.2, -0.15) is 0 Å². The summed E-state index contributed by atoms with van der Waals surface area (Å²) in [6, 6.07) is 23.2. The number of amides is 1. The van der Waals surface area contributed by atoms with Gasteiger partial charge in [0.15, 0.2) is 0 Å². The fraction of sp³-hybridized carbons (Fsp3) is 0.217. The number of methoxy groups -OCH3 is 1. The van der Waals surface area contributed by atoms with Crippen molar-refractivity contribution >= 4 is 22.6 Å². The predicted octanol–water partition coefficient (Wildman–Crippen LogP) is 3.67. The second kappa shape index (κ2) is 8.99. The summed E-state index contributed by atoms with van der Waals surface area (Å²) in [4.78, 5) is 24.5. The van der Waals surface area contributed by atoms with Crippen LogP contribution in [0.5, 0.6) is 0 Å². The summed E-state index contributed by atoms with van der Waals surface area (Å²) in [5, 5.41) is 5.07. The zero-order valence-electron chi connectivity index (χ0n) is 15.4. The SMILES string of the molecule is COC(=O)[C@H](Cc1ccc2ccccc2c1)NC(=O)CCc1ccccc1. The van der Waals surface area contributed by atoms with E-state index in [9.17, 15) is 9.59 Å². The zero-order valence-corrected chi connectivity index (χ0v) is 15.4. The molecule has 0 fully saturated rings. The van der Waals surface area contributed by atoms with Crippen LogP contribution >= 0.6 is 0 Å². The van der Waals surface area contributed by atoms with Gasteiger partial charge in [0, 0.05) is 12.8 Å². The number of aryl methyl sites for hydroxylation is 1. The summed E-state index contributed by atoms with van der Waals surface area (Å²) in [6.07, 6.45) is 1.36. The molecule has 27 heavy (non-hydrogen) atoms. The van der Waals surface area contributed by atoms with Crippen molar-refractivity contribution in [2.24, 2.45) is 0 Å². The van der Waals surface area contributed by atoms with E-state index in [0.717, 1.165) is 21.9 Å². The zero-order chi connectivity index (χ0) is 19.1. The third kappa shape index (κ3) is 5.17. The van der Waals surface area contributed by atoms with Crippen molar-refractivity contribution in [2.45, 2.75) is 25.3 Å². The molecule has 0 radical (unpaired) electrons. The van der Waals surface area contributed by atoms with E-state index in [1.165, 1.54) is 7.11 Å². The second-order valence-electron chi connectivity index (χ2n) is 6.51. The molecule has 3 rings (SSSR count). The molecule has 4 nitrogen and oxygen atoms in total. The van der Waals surface area contributed by atoms with Crippen LogP contribution in [-0.4, -0.2) is 25.0 Å². The Bertz CT molecular complexity index is 921. The molecule has 1 amide bonds. The molecule has 0 heterocycles. The van der Waals surface area contributed by atoms with Gasteiger partial charge in [0.1, 0.15) is 6.04 Å². The van der Waals surface area contributed by atoms with Crippen LogP contribution in [0.4, 0.5) is 0 Å². The first-order chi connectivity index (χ1) is 13.2. The highest BCUT2D eigenvalue weighted by Gasteiger charge is 2.22. The summed E-state index contributed by atoms with van der Waals surface area (Å²) in [5.74, 6) is -0.591. The molecule has 3 aromatic rings. The Hall–Kier alpha value is -3.14. The van der Waals surface area contributed by atoms with Crippen molar-refractivity contribution in [3.05, 3.63) is 83.9 Å². The maximum atomic E-state index is 12.3. The van der Waals surface area contributed by atoms with E-state index < -0.39 is 12.0 Å². The molecule has 0 saturated heterocycles. The summed E-state index contributed by atoms with van der Waals surface area (Å²) >= 11 is 0. The fourth-order valence-electron chi connectivity index (χ4n) is 3.11. The monoisotopic (exact) mass is 361 g/mol. The topological polar surface area (TPSA) is 55.4 Å². The van der Waals surface area contributed by atoms with Crippen molar-refractivity contribution in [3.8, 4) is 0 Å². The quantitative estimate of drug-likeness (QED) is 0.653. The minimum atomic E-state index is -0.695. The summed E-state index contributed by atoms with van der Waals surface area (Å²) in [6.45, 7) is 0. The molecule has 0 aliphatic carbocycles. The van der Waals surface area contributed by atoms with Crippen molar-refractivity contribution < 1.29 is 14.3 Å². The molecule has 138 valence electrons. The van der Waals surface area contributed by atoms with Crippen LogP contribution in [0.15, 0.2) is 72.8 Å². The molecule has 0 spiro atoms. The lowest BCUT2D eigenvalue weighted by Crippen LogP contribution is -2.43. The molecule has 3 aromatic carbocycles. The molecule has 0 aromatic heterocycles. The van der Waals surface area contributed by atoms with E-state index in [1.54, 1.807) is 0 Å². The largest absolute Gasteiger partial charge is 0.467 e. The molecular formula is C23H23NO3. The Kier molecular flexibility index (Phi) is 6.21. The second-order valence-corrected chi connectivity index (χ2v) is 6.51. The van der Waals surface area contributed by atoms with Crippen molar-refractivity contribution in [1.82, 2.24) is 5.32 Å². The van der Waals surface area contributed by atoms with Gasteiger partial charge in [0.2, 0.25) is 5.91 Å². The fourth-order valence-corrected chi connectivity index (χ4v) is 3.11. The van der Waals surface area contributed by atoms with Gasteiger partial charge in [-0.15, -0.1) is 0 Å². The molecule has 0 aliphatic heterocycles. The van der Waals surface area contributed by atoms with E-state index in [-0.39, 0.29) is 5.91 Å². The summed E-state index contributed by atoms with van der Waals surface area (Å²) in [5.41, 5.74) is 2.07. The first-order valence-electron chi connectivity index (χ1n) is 9.04. The average molecular weight is 361 g/mol. The molecule has 4 heteroatoms. The number of carbonyl (C=O) groups excluding carboxylic acids is 2. The maximum Gasteiger partial charge on any atom is 0.328 e. The van der Waals surface area contributed by atoms with Crippen molar-refractivity contribution in [1.29, 1.82) is 0 Å². The van der Waals surface area contributed by atoms with Crippen LogP contribution in [0.25, 0.3) is 10.8 Å². The molecule has 1 atom stereocenters. The third-order valence-corrected chi connectivity index (χ3v) is 4.56. The van der Waals surface area contributed by atoms with Gasteiger partial charge in [-0.3, -0.25) is 4.79 Å². The van der Waals surface area contributed by atoms with Gasteiger partial charge in [-0.1, -0.05) is 72.8 Å². The van der Waals surface area contributed by atoms with Crippen molar-refractivity contribution in [2.75, 3.05) is 7.11 Å². The van der Waals surface area contributed by atoms with Crippen LogP contribution in [0.1, 0.15) is 17.5 Å². The van der Waals surface area contributed by atoms with Crippen molar-refractivity contribution in [3.63, 3.8) is 0 Å². The van der Waals surface area contributed by atoms with E-state index in [0.29, 0.717) is 19.3 Å². The Balaban J connectivity index is 1.65. The normalized spacial score (nSPS) is 11.7. The molecule has 1 N–H and O–H groups in total. The molecule has 0 unspecified atom stereocenters. The van der Waals surface area contributed by atoms with Crippen LogP contribution in [-0.2, 0) is 27.2 Å². The van der Waals surface area contributed by atoms with Crippen LogP contribution in [0, 0.1) is 0 Å². The van der Waals surface area contributed by atoms with Crippen LogP contribution in [0.3, 0.4) is 0 Å². The summed E-state index contributed by atoms with van der Waals surface area (Å²) < 4.78 is 4.88. The Morgan fingerprint density at radius 3 is 2.33 bits per heavy atom. The number of hydrogen-bond acceptors (Lipinski definition) is 3. The Labute approximate surface area is 159 Å². The minimum Gasteiger partial charge on any atom is -0.467 e. The van der Waals surface area contributed by atoms with Gasteiger partial charge in [0.05, 0.1) is 7.11 Å². The molecule has 0 saturated carbocycles.